The number of aromatic nitrogens is 2. The Labute approximate surface area is 113 Å². The van der Waals surface area contributed by atoms with Gasteiger partial charge in [-0.25, -0.2) is 4.98 Å². The molecule has 0 saturated heterocycles. The van der Waals surface area contributed by atoms with Gasteiger partial charge in [0.2, 0.25) is 5.91 Å². The van der Waals surface area contributed by atoms with Crippen molar-refractivity contribution in [3.63, 3.8) is 0 Å². The van der Waals surface area contributed by atoms with Crippen LogP contribution >= 0.6 is 0 Å². The highest BCUT2D eigenvalue weighted by molar-refractivity contribution is 5.82. The summed E-state index contributed by atoms with van der Waals surface area (Å²) in [6.07, 6.45) is -2.77. The molecule has 9 heteroatoms. The van der Waals surface area contributed by atoms with Crippen molar-refractivity contribution >= 4 is 5.91 Å². The van der Waals surface area contributed by atoms with Crippen molar-refractivity contribution in [3.8, 4) is 0 Å². The van der Waals surface area contributed by atoms with Crippen LogP contribution < -0.4 is 5.32 Å². The number of aliphatic hydroxyl groups is 1. The van der Waals surface area contributed by atoms with Gasteiger partial charge in [-0.2, -0.15) is 13.2 Å². The third-order valence-corrected chi connectivity index (χ3v) is 3.08. The second kappa shape index (κ2) is 5.80. The van der Waals surface area contributed by atoms with E-state index in [9.17, 15) is 18.0 Å². The number of aromatic amines is 1. The molecule has 0 saturated carbocycles. The van der Waals surface area contributed by atoms with Crippen LogP contribution in [0.5, 0.6) is 0 Å². The predicted octanol–water partition coefficient (Wildman–Crippen LogP) is -0.193. The number of nitrogens with one attached hydrogen (secondary N) is 2. The third kappa shape index (κ3) is 3.48. The average Bonchev–Trinajstić information content (AvgIpc) is 2.83. The van der Waals surface area contributed by atoms with Crippen LogP contribution in [0, 0.1) is 0 Å². The number of carbonyl (C=O) groups excluding carboxylic acids is 1. The van der Waals surface area contributed by atoms with Crippen LogP contribution in [-0.4, -0.2) is 57.8 Å². The van der Waals surface area contributed by atoms with Gasteiger partial charge in [0, 0.05) is 19.5 Å². The molecule has 0 aliphatic carbocycles. The van der Waals surface area contributed by atoms with Gasteiger partial charge in [0.05, 0.1) is 30.4 Å². The molecule has 0 bridgehead atoms. The Morgan fingerprint density at radius 2 is 2.30 bits per heavy atom. The summed E-state index contributed by atoms with van der Waals surface area (Å²) in [6, 6.07) is -0.750. The van der Waals surface area contributed by atoms with Crippen molar-refractivity contribution < 1.29 is 23.1 Å². The number of hydrogen-bond acceptors (Lipinski definition) is 4. The smallest absolute Gasteiger partial charge is 0.395 e. The zero-order valence-corrected chi connectivity index (χ0v) is 10.6. The Bertz CT molecular complexity index is 474. The number of nitrogens with zero attached hydrogens (tertiary/aromatic N) is 2. The van der Waals surface area contributed by atoms with Crippen LogP contribution in [0.2, 0.25) is 0 Å². The summed E-state index contributed by atoms with van der Waals surface area (Å²) in [5.74, 6) is -0.676. The lowest BCUT2D eigenvalue weighted by atomic mass is 10.0. The molecule has 1 amide bonds. The van der Waals surface area contributed by atoms with Gasteiger partial charge in [0.15, 0.2) is 0 Å². The molecule has 1 unspecified atom stereocenters. The van der Waals surface area contributed by atoms with Crippen molar-refractivity contribution in [3.05, 3.63) is 17.7 Å². The lowest BCUT2D eigenvalue weighted by molar-refractivity contribution is -0.163. The van der Waals surface area contributed by atoms with E-state index < -0.39 is 31.3 Å². The average molecular weight is 292 g/mol. The molecule has 1 aromatic heterocycles. The number of aliphatic hydroxyl groups excluding tert-OH is 1. The van der Waals surface area contributed by atoms with E-state index in [1.54, 1.807) is 0 Å². The second-order valence-corrected chi connectivity index (χ2v) is 4.56. The van der Waals surface area contributed by atoms with E-state index in [4.69, 9.17) is 5.11 Å². The highest BCUT2D eigenvalue weighted by atomic mass is 19.4. The van der Waals surface area contributed by atoms with E-state index in [2.05, 4.69) is 15.3 Å². The number of H-pyrrole nitrogens is 1. The van der Waals surface area contributed by atoms with Gasteiger partial charge in [0.25, 0.3) is 0 Å². The number of alkyl halides is 3. The Morgan fingerprint density at radius 3 is 2.95 bits per heavy atom. The largest absolute Gasteiger partial charge is 0.406 e. The van der Waals surface area contributed by atoms with Gasteiger partial charge in [0.1, 0.15) is 6.54 Å². The van der Waals surface area contributed by atoms with Crippen molar-refractivity contribution in [2.75, 3.05) is 19.7 Å². The summed E-state index contributed by atoms with van der Waals surface area (Å²) >= 11 is 0. The monoisotopic (exact) mass is 292 g/mol. The van der Waals surface area contributed by atoms with E-state index >= 15 is 0 Å². The summed E-state index contributed by atoms with van der Waals surface area (Å²) in [5.41, 5.74) is 1.51. The minimum atomic E-state index is -4.49. The molecule has 2 heterocycles. The Balaban J connectivity index is 2.05. The van der Waals surface area contributed by atoms with Crippen LogP contribution in [0.15, 0.2) is 6.33 Å². The molecule has 0 radical (unpaired) electrons. The molecule has 6 nitrogen and oxygen atoms in total. The van der Waals surface area contributed by atoms with E-state index in [1.807, 2.05) is 0 Å². The maximum atomic E-state index is 12.4. The number of rotatable bonds is 4. The normalized spacial score (nSPS) is 18.7. The Hall–Kier alpha value is -1.61. The summed E-state index contributed by atoms with van der Waals surface area (Å²) in [5, 5.41) is 11.7. The lowest BCUT2D eigenvalue weighted by Crippen LogP contribution is -2.52. The van der Waals surface area contributed by atoms with Crippen molar-refractivity contribution in [2.45, 2.75) is 25.2 Å². The summed E-state index contributed by atoms with van der Waals surface area (Å²) in [4.78, 5) is 19.7. The van der Waals surface area contributed by atoms with E-state index in [1.165, 1.54) is 6.33 Å². The Kier molecular flexibility index (Phi) is 4.29. The lowest BCUT2D eigenvalue weighted by Gasteiger charge is -2.29. The Morgan fingerprint density at radius 1 is 1.55 bits per heavy atom. The van der Waals surface area contributed by atoms with Crippen LogP contribution in [0.25, 0.3) is 0 Å². The molecule has 1 atom stereocenters. The molecule has 2 rings (SSSR count). The quantitative estimate of drug-likeness (QED) is 0.718. The van der Waals surface area contributed by atoms with Gasteiger partial charge in [-0.3, -0.25) is 10.1 Å². The molecule has 1 aromatic rings. The van der Waals surface area contributed by atoms with Crippen molar-refractivity contribution in [1.29, 1.82) is 0 Å². The summed E-state index contributed by atoms with van der Waals surface area (Å²) in [6.45, 7) is -1.87. The standard InChI is InChI=1S/C11H15F3N4O2/c12-11(13,14)5-18(1-2-19)10(20)8-3-7-9(4-15-8)17-6-16-7/h6,8,15,19H,1-5H2,(H,16,17). The first-order valence-electron chi connectivity index (χ1n) is 6.11. The first kappa shape index (κ1) is 14.8. The van der Waals surface area contributed by atoms with Crippen LogP contribution in [-0.2, 0) is 17.8 Å². The van der Waals surface area contributed by atoms with Gasteiger partial charge in [-0.05, 0) is 0 Å². The highest BCUT2D eigenvalue weighted by Crippen LogP contribution is 2.19. The van der Waals surface area contributed by atoms with Gasteiger partial charge >= 0.3 is 6.18 Å². The highest BCUT2D eigenvalue weighted by Gasteiger charge is 2.36. The predicted molar refractivity (Wildman–Crippen MR) is 62.6 cm³/mol. The zero-order valence-electron chi connectivity index (χ0n) is 10.6. The molecule has 0 fully saturated rings. The molecule has 3 N–H and O–H groups in total. The SMILES string of the molecule is O=C(C1Cc2nc[nH]c2CN1)N(CCO)CC(F)(F)F. The molecule has 1 aliphatic rings. The van der Waals surface area contributed by atoms with E-state index in [0.717, 1.165) is 5.69 Å². The molecule has 1 aliphatic heterocycles. The molecule has 0 aromatic carbocycles. The third-order valence-electron chi connectivity index (χ3n) is 3.08. The summed E-state index contributed by atoms with van der Waals surface area (Å²) < 4.78 is 37.3. The minimum absolute atomic E-state index is 0.234. The number of amides is 1. The molecule has 112 valence electrons. The number of fused-ring (bicyclic) bond motifs is 1. The van der Waals surface area contributed by atoms with Crippen LogP contribution in [0.3, 0.4) is 0 Å². The molecular weight excluding hydrogens is 277 g/mol. The number of halogens is 3. The van der Waals surface area contributed by atoms with Gasteiger partial charge in [-0.1, -0.05) is 0 Å². The number of imidazole rings is 1. The number of hydrogen-bond donors (Lipinski definition) is 3. The topological polar surface area (TPSA) is 81.2 Å². The fourth-order valence-corrected chi connectivity index (χ4v) is 2.17. The van der Waals surface area contributed by atoms with Crippen molar-refractivity contribution in [2.24, 2.45) is 0 Å². The maximum absolute atomic E-state index is 12.4. The fourth-order valence-electron chi connectivity index (χ4n) is 2.17. The molecule has 20 heavy (non-hydrogen) atoms. The van der Waals surface area contributed by atoms with Gasteiger partial charge < -0.3 is 15.0 Å². The second-order valence-electron chi connectivity index (χ2n) is 4.56. The maximum Gasteiger partial charge on any atom is 0.406 e. The van der Waals surface area contributed by atoms with E-state index in [0.29, 0.717) is 17.1 Å². The molecular formula is C11H15F3N4O2. The molecule has 0 spiro atoms. The van der Waals surface area contributed by atoms with Crippen LogP contribution in [0.1, 0.15) is 11.4 Å². The van der Waals surface area contributed by atoms with E-state index in [-0.39, 0.29) is 13.0 Å². The van der Waals surface area contributed by atoms with Crippen LogP contribution in [0.4, 0.5) is 13.2 Å². The van der Waals surface area contributed by atoms with Gasteiger partial charge in [-0.15, -0.1) is 0 Å². The van der Waals surface area contributed by atoms with Crippen molar-refractivity contribution in [1.82, 2.24) is 20.2 Å². The first-order valence-corrected chi connectivity index (χ1v) is 6.11. The zero-order chi connectivity index (χ0) is 14.8. The fraction of sp³-hybridized carbons (Fsp3) is 0.636. The minimum Gasteiger partial charge on any atom is -0.395 e. The first-order chi connectivity index (χ1) is 9.40. The summed E-state index contributed by atoms with van der Waals surface area (Å²) in [7, 11) is 0. The number of carbonyl (C=O) groups is 1.